The Bertz CT molecular complexity index is 714. The van der Waals surface area contributed by atoms with Crippen molar-refractivity contribution in [2.45, 2.75) is 115 Å². The maximum atomic E-state index is 12.1. The summed E-state index contributed by atoms with van der Waals surface area (Å²) >= 11 is 5.71. The first kappa shape index (κ1) is 31.0. The second-order valence-corrected chi connectivity index (χ2v) is 10.5. The van der Waals surface area contributed by atoms with Crippen LogP contribution in [-0.4, -0.2) is 77.1 Å². The summed E-state index contributed by atoms with van der Waals surface area (Å²) in [5.41, 5.74) is 0.740. The van der Waals surface area contributed by atoms with Crippen molar-refractivity contribution >= 4 is 23.8 Å². The van der Waals surface area contributed by atoms with E-state index in [1.165, 1.54) is 6.08 Å². The minimum absolute atomic E-state index is 0.0208. The van der Waals surface area contributed by atoms with Crippen molar-refractivity contribution in [1.29, 1.82) is 0 Å². The molecule has 0 aromatic carbocycles. The molecule has 0 bridgehead atoms. The molecule has 0 spiro atoms. The zero-order valence-corrected chi connectivity index (χ0v) is 22.4. The Morgan fingerprint density at radius 2 is 1.78 bits per heavy atom. The molecule has 0 amide bonds. The largest absolute Gasteiger partial charge is 0.481 e. The van der Waals surface area contributed by atoms with Crippen LogP contribution in [0.5, 0.6) is 0 Å². The molecule has 0 saturated carbocycles. The number of aliphatic carboxylic acids is 1. The van der Waals surface area contributed by atoms with Gasteiger partial charge in [0.25, 0.3) is 0 Å². The van der Waals surface area contributed by atoms with Crippen molar-refractivity contribution in [2.75, 3.05) is 13.2 Å². The van der Waals surface area contributed by atoms with Crippen molar-refractivity contribution in [1.82, 2.24) is 0 Å². The quantitative estimate of drug-likeness (QED) is 0.110. The van der Waals surface area contributed by atoms with Gasteiger partial charge in [-0.1, -0.05) is 38.2 Å². The van der Waals surface area contributed by atoms with Gasteiger partial charge in [-0.15, -0.1) is 0 Å². The number of epoxide rings is 1. The van der Waals surface area contributed by atoms with Crippen LogP contribution in [0, 0.1) is 11.8 Å². The first-order valence-electron chi connectivity index (χ1n) is 13.1. The number of carboxylic acids is 1. The summed E-state index contributed by atoms with van der Waals surface area (Å²) in [5.74, 6) is -1.36. The van der Waals surface area contributed by atoms with Gasteiger partial charge in [-0.2, -0.15) is 0 Å². The van der Waals surface area contributed by atoms with Gasteiger partial charge in [0.1, 0.15) is 6.10 Å². The molecule has 4 unspecified atom stereocenters. The van der Waals surface area contributed by atoms with Gasteiger partial charge in [0.05, 0.1) is 55.6 Å². The molecular formula is C26H43ClO9. The molecule has 2 fully saturated rings. The predicted molar refractivity (Wildman–Crippen MR) is 133 cm³/mol. The lowest BCUT2D eigenvalue weighted by molar-refractivity contribution is -0.154. The standard InChI is InChI=1S/C26H43ClO9/c1-16(13-23(31)33-11-9-7-5-4-6-8-10-22(29)30)12-20-26(36-27)24(32)19(15-34-20)14-21-25(35-21)17(2)18(3)28/h13,17-21,24-26,28,32H,4-12,14-15H2,1-3H3,(H,29,30)/t17?,18?,19-,20?,21-,24+,25?,26-/m0/s1. The van der Waals surface area contributed by atoms with Crippen molar-refractivity contribution in [3.63, 3.8) is 0 Å². The fourth-order valence-corrected chi connectivity index (χ4v) is 4.90. The van der Waals surface area contributed by atoms with Crippen molar-refractivity contribution in [3.8, 4) is 0 Å². The molecule has 0 aromatic rings. The Balaban J connectivity index is 1.67. The molecule has 208 valence electrons. The van der Waals surface area contributed by atoms with Crippen LogP contribution in [-0.2, 0) is 28.1 Å². The molecule has 9 nitrogen and oxygen atoms in total. The maximum Gasteiger partial charge on any atom is 0.330 e. The third-order valence-corrected chi connectivity index (χ3v) is 7.37. The van der Waals surface area contributed by atoms with E-state index in [1.54, 1.807) is 13.8 Å². The number of aliphatic hydroxyl groups excluding tert-OH is 2. The summed E-state index contributed by atoms with van der Waals surface area (Å²) in [6, 6.07) is 0. The smallest absolute Gasteiger partial charge is 0.330 e. The molecule has 0 aromatic heterocycles. The zero-order valence-electron chi connectivity index (χ0n) is 21.6. The Morgan fingerprint density at radius 1 is 1.11 bits per heavy atom. The van der Waals surface area contributed by atoms with Gasteiger partial charge in [-0.05, 0) is 39.5 Å². The van der Waals surface area contributed by atoms with Crippen LogP contribution in [0.1, 0.15) is 78.6 Å². The van der Waals surface area contributed by atoms with Crippen LogP contribution >= 0.6 is 11.9 Å². The van der Waals surface area contributed by atoms with E-state index in [9.17, 15) is 19.8 Å². The number of hydrogen-bond donors (Lipinski definition) is 3. The van der Waals surface area contributed by atoms with E-state index in [1.807, 2.05) is 6.92 Å². The lowest BCUT2D eigenvalue weighted by Crippen LogP contribution is -2.50. The molecule has 8 atom stereocenters. The van der Waals surface area contributed by atoms with E-state index in [0.717, 1.165) is 37.7 Å². The molecule has 2 rings (SSSR count). The fourth-order valence-electron chi connectivity index (χ4n) is 4.68. The third-order valence-electron chi connectivity index (χ3n) is 7.17. The lowest BCUT2D eigenvalue weighted by Gasteiger charge is -2.38. The Hall–Kier alpha value is -1.23. The van der Waals surface area contributed by atoms with Gasteiger partial charge in [-0.3, -0.25) is 9.08 Å². The number of hydrogen-bond acceptors (Lipinski definition) is 8. The molecule has 2 heterocycles. The van der Waals surface area contributed by atoms with E-state index >= 15 is 0 Å². The number of carbonyl (C=O) groups excluding carboxylic acids is 1. The van der Waals surface area contributed by atoms with Crippen molar-refractivity contribution in [3.05, 3.63) is 11.6 Å². The van der Waals surface area contributed by atoms with Crippen LogP contribution in [0.4, 0.5) is 0 Å². The Labute approximate surface area is 219 Å². The van der Waals surface area contributed by atoms with Gasteiger partial charge in [0.2, 0.25) is 0 Å². The van der Waals surface area contributed by atoms with E-state index in [4.69, 9.17) is 35.5 Å². The summed E-state index contributed by atoms with van der Waals surface area (Å²) in [4.78, 5) is 22.6. The van der Waals surface area contributed by atoms with Gasteiger partial charge in [-0.25, -0.2) is 4.79 Å². The highest BCUT2D eigenvalue weighted by Crippen LogP contribution is 2.39. The van der Waals surface area contributed by atoms with Crippen LogP contribution < -0.4 is 0 Å². The van der Waals surface area contributed by atoms with Gasteiger partial charge < -0.3 is 29.5 Å². The summed E-state index contributed by atoms with van der Waals surface area (Å²) in [7, 11) is 0. The van der Waals surface area contributed by atoms with Crippen molar-refractivity contribution in [2.24, 2.45) is 11.8 Å². The zero-order chi connectivity index (χ0) is 26.7. The molecule has 0 radical (unpaired) electrons. The Kier molecular flexibility index (Phi) is 13.7. The predicted octanol–water partition coefficient (Wildman–Crippen LogP) is 3.77. The number of ether oxygens (including phenoxy) is 3. The van der Waals surface area contributed by atoms with Gasteiger partial charge in [0, 0.05) is 24.3 Å². The van der Waals surface area contributed by atoms with Gasteiger partial charge >= 0.3 is 11.9 Å². The van der Waals surface area contributed by atoms with Crippen LogP contribution in [0.15, 0.2) is 11.6 Å². The number of unbranched alkanes of at least 4 members (excludes halogenated alkanes) is 5. The number of rotatable bonds is 17. The molecule has 3 N–H and O–H groups in total. The molecule has 2 saturated heterocycles. The topological polar surface area (TPSA) is 135 Å². The molecule has 0 aliphatic carbocycles. The minimum atomic E-state index is -0.836. The van der Waals surface area contributed by atoms with Crippen LogP contribution in [0.25, 0.3) is 0 Å². The second-order valence-electron chi connectivity index (χ2n) is 10.3. The molecule has 2 aliphatic rings. The first-order chi connectivity index (χ1) is 17.1. The Morgan fingerprint density at radius 3 is 2.42 bits per heavy atom. The number of esters is 1. The molecule has 36 heavy (non-hydrogen) atoms. The number of carboxylic acid groups (broad SMARTS) is 1. The van der Waals surface area contributed by atoms with Crippen LogP contribution in [0.2, 0.25) is 0 Å². The minimum Gasteiger partial charge on any atom is -0.481 e. The van der Waals surface area contributed by atoms with E-state index < -0.39 is 36.4 Å². The third kappa shape index (κ3) is 10.6. The monoisotopic (exact) mass is 534 g/mol. The van der Waals surface area contributed by atoms with Crippen LogP contribution in [0.3, 0.4) is 0 Å². The molecular weight excluding hydrogens is 492 g/mol. The molecule has 10 heteroatoms. The summed E-state index contributed by atoms with van der Waals surface area (Å²) in [6.07, 6.45) is 5.28. The summed E-state index contributed by atoms with van der Waals surface area (Å²) in [5, 5.41) is 29.2. The van der Waals surface area contributed by atoms with E-state index in [-0.39, 0.29) is 30.5 Å². The van der Waals surface area contributed by atoms with E-state index in [2.05, 4.69) is 0 Å². The van der Waals surface area contributed by atoms with E-state index in [0.29, 0.717) is 32.5 Å². The highest BCUT2D eigenvalue weighted by Gasteiger charge is 2.49. The summed E-state index contributed by atoms with van der Waals surface area (Å²) in [6.45, 7) is 6.14. The molecule has 2 aliphatic heterocycles. The average Bonchev–Trinajstić information content (AvgIpc) is 3.58. The number of halogens is 1. The average molecular weight is 535 g/mol. The lowest BCUT2D eigenvalue weighted by atomic mass is 9.85. The number of aliphatic hydroxyl groups is 2. The maximum absolute atomic E-state index is 12.1. The number of carbonyl (C=O) groups is 2. The first-order valence-corrected chi connectivity index (χ1v) is 13.4. The van der Waals surface area contributed by atoms with Gasteiger partial charge in [0.15, 0.2) is 0 Å². The SMILES string of the molecule is CC(=CC(=O)OCCCCCCCCC(=O)O)CC1OC[C@H](C[C@@H]2OC2C(C)C(C)O)[C@@H](O)[C@H]1OCl. The summed E-state index contributed by atoms with van der Waals surface area (Å²) < 4.78 is 22.0. The second kappa shape index (κ2) is 15.9. The highest BCUT2D eigenvalue weighted by molar-refractivity contribution is 6.07. The highest BCUT2D eigenvalue weighted by atomic mass is 35.5. The normalized spacial score (nSPS) is 30.0. The van der Waals surface area contributed by atoms with Crippen molar-refractivity contribution < 1.29 is 43.4 Å². The fraction of sp³-hybridized carbons (Fsp3) is 0.846.